The van der Waals surface area contributed by atoms with Crippen LogP contribution in [0.3, 0.4) is 0 Å². The van der Waals surface area contributed by atoms with Gasteiger partial charge in [-0.3, -0.25) is 4.90 Å². The lowest BCUT2D eigenvalue weighted by atomic mass is 10.0. The average Bonchev–Trinajstić information content (AvgIpc) is 2.92. The molecular weight excluding hydrogens is 319 g/mol. The van der Waals surface area contributed by atoms with Crippen LogP contribution in [0.4, 0.5) is 4.39 Å². The fraction of sp³-hybridized carbons (Fsp3) is 0.474. The van der Waals surface area contributed by atoms with Crippen molar-refractivity contribution in [2.24, 2.45) is 0 Å². The monoisotopic (exact) mass is 344 g/mol. The first-order chi connectivity index (χ1) is 12.3. The fourth-order valence-electron chi connectivity index (χ4n) is 3.37. The van der Waals surface area contributed by atoms with E-state index in [1.165, 1.54) is 7.11 Å². The zero-order valence-corrected chi connectivity index (χ0v) is 14.6. The highest BCUT2D eigenvalue weighted by Gasteiger charge is 2.21. The summed E-state index contributed by atoms with van der Waals surface area (Å²) >= 11 is 0. The molecule has 0 radical (unpaired) electrons. The Labute approximate surface area is 148 Å². The summed E-state index contributed by atoms with van der Waals surface area (Å²) in [4.78, 5) is 10.6. The van der Waals surface area contributed by atoms with E-state index in [2.05, 4.69) is 20.2 Å². The lowest BCUT2D eigenvalue weighted by Gasteiger charge is -2.31. The highest BCUT2D eigenvalue weighted by molar-refractivity contribution is 5.29. The van der Waals surface area contributed by atoms with Crippen molar-refractivity contribution >= 4 is 0 Å². The Morgan fingerprint density at radius 3 is 2.72 bits per heavy atom. The predicted octanol–water partition coefficient (Wildman–Crippen LogP) is 2.77. The van der Waals surface area contributed by atoms with E-state index in [1.807, 2.05) is 18.5 Å². The minimum Gasteiger partial charge on any atom is -0.494 e. The van der Waals surface area contributed by atoms with Crippen molar-refractivity contribution in [3.05, 3.63) is 53.9 Å². The Balaban J connectivity index is 1.78. The van der Waals surface area contributed by atoms with Crippen LogP contribution in [0.25, 0.3) is 0 Å². The molecule has 5 nitrogen and oxygen atoms in total. The number of hydrogen-bond donors (Lipinski definition) is 1. The van der Waals surface area contributed by atoms with Gasteiger partial charge >= 0.3 is 0 Å². The SMILES string of the molecule is COc1ccc(CN(Cc2cncnc2)[C@H]2CCCNCC2)cc1F. The molecule has 1 aromatic carbocycles. The Morgan fingerprint density at radius 2 is 1.96 bits per heavy atom. The molecule has 0 aliphatic carbocycles. The minimum atomic E-state index is -0.314. The number of rotatable bonds is 6. The van der Waals surface area contributed by atoms with Gasteiger partial charge in [0.05, 0.1) is 7.11 Å². The van der Waals surface area contributed by atoms with Gasteiger partial charge in [0.2, 0.25) is 0 Å². The summed E-state index contributed by atoms with van der Waals surface area (Å²) in [6, 6.07) is 5.66. The maximum atomic E-state index is 14.1. The first kappa shape index (κ1) is 17.8. The maximum absolute atomic E-state index is 14.1. The second-order valence-electron chi connectivity index (χ2n) is 6.46. The van der Waals surface area contributed by atoms with Crippen LogP contribution in [-0.2, 0) is 13.1 Å². The van der Waals surface area contributed by atoms with Crippen molar-refractivity contribution in [3.8, 4) is 5.75 Å². The summed E-state index contributed by atoms with van der Waals surface area (Å²) < 4.78 is 19.1. The van der Waals surface area contributed by atoms with E-state index >= 15 is 0 Å². The van der Waals surface area contributed by atoms with E-state index < -0.39 is 0 Å². The standard InChI is InChI=1S/C19H25FN4O/c1-25-19-5-4-15(9-18(19)20)12-24(13-16-10-22-14-23-11-16)17-3-2-7-21-8-6-17/h4-5,9-11,14,17,21H,2-3,6-8,12-13H2,1H3/t17-/m0/s1. The summed E-state index contributed by atoms with van der Waals surface area (Å²) in [5.74, 6) is -0.0315. The van der Waals surface area contributed by atoms with Gasteiger partial charge in [-0.25, -0.2) is 14.4 Å². The molecule has 1 saturated heterocycles. The van der Waals surface area contributed by atoms with Crippen LogP contribution in [0.2, 0.25) is 0 Å². The van der Waals surface area contributed by atoms with Crippen molar-refractivity contribution in [2.75, 3.05) is 20.2 Å². The Morgan fingerprint density at radius 1 is 1.16 bits per heavy atom. The Kier molecular flexibility index (Phi) is 6.30. The largest absolute Gasteiger partial charge is 0.494 e. The van der Waals surface area contributed by atoms with Gasteiger partial charge in [-0.15, -0.1) is 0 Å². The zero-order valence-electron chi connectivity index (χ0n) is 14.6. The molecule has 25 heavy (non-hydrogen) atoms. The highest BCUT2D eigenvalue weighted by atomic mass is 19.1. The van der Waals surface area contributed by atoms with Crippen molar-refractivity contribution in [1.82, 2.24) is 20.2 Å². The van der Waals surface area contributed by atoms with Crippen LogP contribution in [0, 0.1) is 5.82 Å². The van der Waals surface area contributed by atoms with E-state index in [9.17, 15) is 4.39 Å². The predicted molar refractivity (Wildman–Crippen MR) is 94.7 cm³/mol. The van der Waals surface area contributed by atoms with Crippen LogP contribution in [0.5, 0.6) is 5.75 Å². The molecule has 6 heteroatoms. The molecule has 0 unspecified atom stereocenters. The molecule has 2 heterocycles. The normalized spacial score (nSPS) is 18.1. The number of aromatic nitrogens is 2. The third kappa shape index (κ3) is 4.96. The molecule has 1 aliphatic heterocycles. The Hall–Kier alpha value is -2.05. The molecule has 1 aliphatic rings. The van der Waals surface area contributed by atoms with Crippen LogP contribution in [-0.4, -0.2) is 41.1 Å². The maximum Gasteiger partial charge on any atom is 0.165 e. The topological polar surface area (TPSA) is 50.3 Å². The first-order valence-corrected chi connectivity index (χ1v) is 8.77. The van der Waals surface area contributed by atoms with Crippen molar-refractivity contribution in [1.29, 1.82) is 0 Å². The molecule has 1 atom stereocenters. The molecule has 0 saturated carbocycles. The second-order valence-corrected chi connectivity index (χ2v) is 6.46. The molecule has 3 rings (SSSR count). The van der Waals surface area contributed by atoms with Gasteiger partial charge in [0.1, 0.15) is 6.33 Å². The average molecular weight is 344 g/mol. The van der Waals surface area contributed by atoms with Gasteiger partial charge in [-0.1, -0.05) is 6.07 Å². The van der Waals surface area contributed by atoms with E-state index in [4.69, 9.17) is 4.74 Å². The third-order valence-corrected chi connectivity index (χ3v) is 4.66. The number of nitrogens with one attached hydrogen (secondary N) is 1. The number of nitrogens with zero attached hydrogens (tertiary/aromatic N) is 3. The van der Waals surface area contributed by atoms with Gasteiger partial charge in [-0.2, -0.15) is 0 Å². The fourth-order valence-corrected chi connectivity index (χ4v) is 3.37. The number of hydrogen-bond acceptors (Lipinski definition) is 5. The number of benzene rings is 1. The summed E-state index contributed by atoms with van der Waals surface area (Å²) in [6.07, 6.45) is 8.63. The molecule has 0 amide bonds. The van der Waals surface area contributed by atoms with E-state index in [-0.39, 0.29) is 11.6 Å². The van der Waals surface area contributed by atoms with Gasteiger partial charge in [-0.05, 0) is 50.0 Å². The Bertz CT molecular complexity index is 660. The van der Waals surface area contributed by atoms with Crippen LogP contribution >= 0.6 is 0 Å². The molecule has 0 spiro atoms. The lowest BCUT2D eigenvalue weighted by molar-refractivity contribution is 0.163. The third-order valence-electron chi connectivity index (χ3n) is 4.66. The summed E-state index contributed by atoms with van der Waals surface area (Å²) in [7, 11) is 1.48. The smallest absolute Gasteiger partial charge is 0.165 e. The molecule has 134 valence electrons. The van der Waals surface area contributed by atoms with Crippen molar-refractivity contribution < 1.29 is 9.13 Å². The highest BCUT2D eigenvalue weighted by Crippen LogP contribution is 2.22. The van der Waals surface area contributed by atoms with Gasteiger partial charge in [0.15, 0.2) is 11.6 Å². The van der Waals surface area contributed by atoms with E-state index in [0.29, 0.717) is 12.6 Å². The van der Waals surface area contributed by atoms with Crippen LogP contribution < -0.4 is 10.1 Å². The number of ether oxygens (including phenoxy) is 1. The van der Waals surface area contributed by atoms with Crippen molar-refractivity contribution in [2.45, 2.75) is 38.4 Å². The van der Waals surface area contributed by atoms with Crippen LogP contribution in [0.1, 0.15) is 30.4 Å². The molecular formula is C19H25FN4O. The van der Waals surface area contributed by atoms with Gasteiger partial charge in [0.25, 0.3) is 0 Å². The molecule has 1 N–H and O–H groups in total. The lowest BCUT2D eigenvalue weighted by Crippen LogP contribution is -2.35. The van der Waals surface area contributed by atoms with E-state index in [0.717, 1.165) is 50.0 Å². The summed E-state index contributed by atoms with van der Waals surface area (Å²) in [5, 5.41) is 3.46. The molecule has 2 aromatic rings. The zero-order chi connectivity index (χ0) is 17.5. The second kappa shape index (κ2) is 8.87. The summed E-state index contributed by atoms with van der Waals surface area (Å²) in [6.45, 7) is 3.54. The molecule has 0 bridgehead atoms. The first-order valence-electron chi connectivity index (χ1n) is 8.77. The van der Waals surface area contributed by atoms with Crippen molar-refractivity contribution in [3.63, 3.8) is 0 Å². The quantitative estimate of drug-likeness (QED) is 0.873. The molecule has 1 aromatic heterocycles. The minimum absolute atomic E-state index is 0.283. The van der Waals surface area contributed by atoms with Gasteiger partial charge in [0, 0.05) is 37.1 Å². The van der Waals surface area contributed by atoms with E-state index in [1.54, 1.807) is 18.5 Å². The van der Waals surface area contributed by atoms with Gasteiger partial charge < -0.3 is 10.1 Å². The van der Waals surface area contributed by atoms with Crippen LogP contribution in [0.15, 0.2) is 36.9 Å². The number of halogens is 1. The number of methoxy groups -OCH3 is 1. The summed E-state index contributed by atoms with van der Waals surface area (Å²) in [5.41, 5.74) is 2.03. The molecule has 1 fully saturated rings.